The number of nitriles is 1. The van der Waals surface area contributed by atoms with Gasteiger partial charge in [-0.2, -0.15) is 5.26 Å². The highest BCUT2D eigenvalue weighted by Gasteiger charge is 2.15. The lowest BCUT2D eigenvalue weighted by molar-refractivity contribution is 0.162. The number of aromatic nitrogens is 4. The van der Waals surface area contributed by atoms with Crippen LogP contribution < -0.4 is 15.4 Å². The molecule has 1 aliphatic rings. The summed E-state index contributed by atoms with van der Waals surface area (Å²) in [6.07, 6.45) is 2.87. The van der Waals surface area contributed by atoms with Gasteiger partial charge in [0.05, 0.1) is 26.2 Å². The third-order valence-electron chi connectivity index (χ3n) is 4.06. The maximum absolute atomic E-state index is 8.77. The average molecular weight is 355 g/mol. The fourth-order valence-electron chi connectivity index (χ4n) is 2.50. The molecule has 10 nitrogen and oxygen atoms in total. The van der Waals surface area contributed by atoms with Gasteiger partial charge >= 0.3 is 0 Å². The van der Waals surface area contributed by atoms with Gasteiger partial charge in [0.15, 0.2) is 11.5 Å². The second kappa shape index (κ2) is 8.37. The van der Waals surface area contributed by atoms with Crippen LogP contribution in [0.15, 0.2) is 18.5 Å². The van der Waals surface area contributed by atoms with Gasteiger partial charge in [0.25, 0.3) is 5.88 Å². The topological polar surface area (TPSA) is 115 Å². The molecule has 0 aliphatic carbocycles. The predicted octanol–water partition coefficient (Wildman–Crippen LogP) is 0.507. The quantitative estimate of drug-likeness (QED) is 0.759. The van der Waals surface area contributed by atoms with Crippen molar-refractivity contribution in [1.82, 2.24) is 30.0 Å². The third-order valence-corrected chi connectivity index (χ3v) is 4.06. The van der Waals surface area contributed by atoms with Crippen LogP contribution in [-0.4, -0.2) is 77.0 Å². The summed E-state index contributed by atoms with van der Waals surface area (Å²) in [6, 6.07) is 3.74. The largest absolute Gasteiger partial charge is 0.478 e. The van der Waals surface area contributed by atoms with E-state index in [9.17, 15) is 0 Å². The van der Waals surface area contributed by atoms with Crippen LogP contribution in [0.3, 0.4) is 0 Å². The highest BCUT2D eigenvalue weighted by Crippen LogP contribution is 2.24. The van der Waals surface area contributed by atoms with E-state index in [0.717, 1.165) is 31.9 Å². The second-order valence-electron chi connectivity index (χ2n) is 5.93. The molecule has 1 fully saturated rings. The molecule has 0 unspecified atom stereocenters. The van der Waals surface area contributed by atoms with Crippen molar-refractivity contribution in [3.63, 3.8) is 0 Å². The molecule has 0 radical (unpaired) electrons. The Hall–Kier alpha value is -3.03. The summed E-state index contributed by atoms with van der Waals surface area (Å²) in [5, 5.41) is 23.3. The molecule has 0 saturated carbocycles. The van der Waals surface area contributed by atoms with Gasteiger partial charge in [-0.05, 0) is 7.05 Å². The Morgan fingerprint density at radius 3 is 2.62 bits per heavy atom. The summed E-state index contributed by atoms with van der Waals surface area (Å²) >= 11 is 0. The molecule has 3 heterocycles. The molecule has 0 bridgehead atoms. The minimum atomic E-state index is 0.255. The predicted molar refractivity (Wildman–Crippen MR) is 96.2 cm³/mol. The summed E-state index contributed by atoms with van der Waals surface area (Å²) in [5.41, 5.74) is 0.997. The van der Waals surface area contributed by atoms with Crippen LogP contribution >= 0.6 is 0 Å². The van der Waals surface area contributed by atoms with Crippen molar-refractivity contribution < 1.29 is 4.74 Å². The zero-order valence-corrected chi connectivity index (χ0v) is 14.8. The van der Waals surface area contributed by atoms with Gasteiger partial charge in [0, 0.05) is 32.2 Å². The van der Waals surface area contributed by atoms with Gasteiger partial charge in [-0.1, -0.05) is 0 Å². The first-order valence-corrected chi connectivity index (χ1v) is 8.23. The van der Waals surface area contributed by atoms with Gasteiger partial charge in [-0.25, -0.2) is 9.97 Å². The lowest BCUT2D eigenvalue weighted by atomic mass is 10.3. The zero-order chi connectivity index (χ0) is 18.4. The summed E-state index contributed by atoms with van der Waals surface area (Å²) in [5.74, 6) is 1.41. The number of nitrogens with one attached hydrogen (secondary N) is 2. The fourth-order valence-corrected chi connectivity index (χ4v) is 2.50. The van der Waals surface area contributed by atoms with E-state index in [1.54, 1.807) is 7.11 Å². The first kappa shape index (κ1) is 17.8. The number of hydrogen-bond donors (Lipinski definition) is 2. The zero-order valence-electron chi connectivity index (χ0n) is 14.8. The SMILES string of the molecule is COc1nnc(Nc2cnc(C#N)cn2)cc1NCN1CCN(C)CC1. The van der Waals surface area contributed by atoms with E-state index in [-0.39, 0.29) is 5.69 Å². The first-order valence-electron chi connectivity index (χ1n) is 8.23. The molecule has 0 atom stereocenters. The number of ether oxygens (including phenoxy) is 1. The minimum Gasteiger partial charge on any atom is -0.478 e. The minimum absolute atomic E-state index is 0.255. The van der Waals surface area contributed by atoms with Crippen molar-refractivity contribution in [2.75, 3.05) is 57.6 Å². The molecule has 0 spiro atoms. The van der Waals surface area contributed by atoms with Crippen LogP contribution in [0, 0.1) is 11.3 Å². The van der Waals surface area contributed by atoms with E-state index in [1.807, 2.05) is 12.1 Å². The summed E-state index contributed by atoms with van der Waals surface area (Å²) < 4.78 is 5.28. The highest BCUT2D eigenvalue weighted by atomic mass is 16.5. The van der Waals surface area contributed by atoms with Crippen LogP contribution in [0.1, 0.15) is 5.69 Å². The molecule has 0 aromatic carbocycles. The monoisotopic (exact) mass is 355 g/mol. The summed E-state index contributed by atoms with van der Waals surface area (Å²) in [7, 11) is 3.69. The Morgan fingerprint density at radius 1 is 1.15 bits per heavy atom. The fraction of sp³-hybridized carbons (Fsp3) is 0.438. The molecule has 0 amide bonds. The standard InChI is InChI=1S/C16H21N9O/c1-24-3-5-25(6-4-24)11-20-13-7-14(22-23-16(13)26-2)21-15-10-18-12(8-17)9-19-15/h7,9-10H,3-6,11H2,1-2H3,(H2,19,20,21,22). The van der Waals surface area contributed by atoms with Crippen LogP contribution in [0.5, 0.6) is 5.88 Å². The molecule has 1 aliphatic heterocycles. The maximum atomic E-state index is 8.77. The average Bonchev–Trinajstić information content (AvgIpc) is 2.68. The van der Waals surface area contributed by atoms with Crippen LogP contribution in [0.25, 0.3) is 0 Å². The maximum Gasteiger partial charge on any atom is 0.257 e. The van der Waals surface area contributed by atoms with Crippen molar-refractivity contribution in [3.8, 4) is 11.9 Å². The van der Waals surface area contributed by atoms with E-state index in [2.05, 4.69) is 47.6 Å². The lowest BCUT2D eigenvalue weighted by Gasteiger charge is -2.32. The van der Waals surface area contributed by atoms with Crippen LogP contribution in [0.4, 0.5) is 17.3 Å². The molecule has 2 N–H and O–H groups in total. The van der Waals surface area contributed by atoms with Gasteiger partial charge in [-0.15, -0.1) is 10.2 Å². The van der Waals surface area contributed by atoms with Gasteiger partial charge in [0.2, 0.25) is 0 Å². The molecule has 26 heavy (non-hydrogen) atoms. The number of hydrogen-bond acceptors (Lipinski definition) is 10. The molecule has 3 rings (SSSR count). The number of methoxy groups -OCH3 is 1. The summed E-state index contributed by atoms with van der Waals surface area (Å²) in [4.78, 5) is 12.7. The molecular formula is C16H21N9O. The van der Waals surface area contributed by atoms with E-state index >= 15 is 0 Å². The Balaban J connectivity index is 1.66. The Bertz CT molecular complexity index is 766. The number of rotatable bonds is 6. The lowest BCUT2D eigenvalue weighted by Crippen LogP contribution is -2.46. The number of nitrogens with zero attached hydrogens (tertiary/aromatic N) is 7. The molecule has 1 saturated heterocycles. The molecule has 2 aromatic rings. The van der Waals surface area contributed by atoms with Crippen molar-refractivity contribution >= 4 is 17.3 Å². The molecule has 2 aromatic heterocycles. The number of likely N-dealkylation sites (N-methyl/N-ethyl adjacent to an activating group) is 1. The van der Waals surface area contributed by atoms with Gasteiger partial charge < -0.3 is 20.3 Å². The van der Waals surface area contributed by atoms with E-state index in [4.69, 9.17) is 10.00 Å². The highest BCUT2D eigenvalue weighted by molar-refractivity contribution is 5.61. The smallest absolute Gasteiger partial charge is 0.257 e. The van der Waals surface area contributed by atoms with Gasteiger partial charge in [0.1, 0.15) is 17.6 Å². The Labute approximate surface area is 151 Å². The van der Waals surface area contributed by atoms with Crippen molar-refractivity contribution in [3.05, 3.63) is 24.2 Å². The third kappa shape index (κ3) is 4.53. The van der Waals surface area contributed by atoms with Gasteiger partial charge in [-0.3, -0.25) is 4.90 Å². The molecule has 10 heteroatoms. The van der Waals surface area contributed by atoms with Crippen LogP contribution in [0.2, 0.25) is 0 Å². The Kier molecular flexibility index (Phi) is 5.73. The van der Waals surface area contributed by atoms with Crippen molar-refractivity contribution in [1.29, 1.82) is 5.26 Å². The van der Waals surface area contributed by atoms with Crippen molar-refractivity contribution in [2.24, 2.45) is 0 Å². The first-order chi connectivity index (χ1) is 12.7. The van der Waals surface area contributed by atoms with Crippen LogP contribution in [-0.2, 0) is 0 Å². The molecule has 136 valence electrons. The summed E-state index contributed by atoms with van der Waals surface area (Å²) in [6.45, 7) is 4.83. The molecular weight excluding hydrogens is 334 g/mol. The second-order valence-corrected chi connectivity index (χ2v) is 5.93. The van der Waals surface area contributed by atoms with Crippen molar-refractivity contribution in [2.45, 2.75) is 0 Å². The normalized spacial score (nSPS) is 15.3. The van der Waals surface area contributed by atoms with E-state index in [0.29, 0.717) is 24.2 Å². The number of piperazine rings is 1. The van der Waals surface area contributed by atoms with E-state index < -0.39 is 0 Å². The number of anilines is 3. The Morgan fingerprint density at radius 2 is 1.96 bits per heavy atom. The van der Waals surface area contributed by atoms with E-state index in [1.165, 1.54) is 12.4 Å².